The van der Waals surface area contributed by atoms with Gasteiger partial charge in [0.25, 0.3) is 10.8 Å². The normalized spacial score (nSPS) is 10.9. The SMILES string of the molecule is Cc1ccc(Oc2nn3c(=O)cc(C)nc3s2)c(Br)c1. The molecule has 0 atom stereocenters. The summed E-state index contributed by atoms with van der Waals surface area (Å²) in [5, 5.41) is 4.51. The smallest absolute Gasteiger partial charge is 0.300 e. The first-order chi connectivity index (χ1) is 9.52. The molecule has 2 aromatic heterocycles. The summed E-state index contributed by atoms with van der Waals surface area (Å²) in [6.07, 6.45) is 0. The van der Waals surface area contributed by atoms with E-state index in [0.29, 0.717) is 21.6 Å². The average Bonchev–Trinajstić information content (AvgIpc) is 2.75. The number of ether oxygens (including phenoxy) is 1. The molecule has 0 radical (unpaired) electrons. The van der Waals surface area contributed by atoms with Gasteiger partial charge in [0.1, 0.15) is 5.75 Å². The highest BCUT2D eigenvalue weighted by Crippen LogP contribution is 2.32. The molecule has 3 rings (SSSR count). The van der Waals surface area contributed by atoms with Crippen LogP contribution in [0.2, 0.25) is 0 Å². The summed E-state index contributed by atoms with van der Waals surface area (Å²) in [4.78, 5) is 16.6. The molecule has 20 heavy (non-hydrogen) atoms. The van der Waals surface area contributed by atoms with Gasteiger partial charge in [-0.05, 0) is 58.8 Å². The van der Waals surface area contributed by atoms with Crippen molar-refractivity contribution in [1.29, 1.82) is 0 Å². The van der Waals surface area contributed by atoms with Gasteiger partial charge in [-0.3, -0.25) is 4.79 Å². The summed E-state index contributed by atoms with van der Waals surface area (Å²) in [7, 11) is 0. The quantitative estimate of drug-likeness (QED) is 0.710. The van der Waals surface area contributed by atoms with Crippen LogP contribution in [-0.2, 0) is 0 Å². The summed E-state index contributed by atoms with van der Waals surface area (Å²) in [6.45, 7) is 3.77. The number of aromatic nitrogens is 3. The monoisotopic (exact) mass is 351 g/mol. The van der Waals surface area contributed by atoms with Gasteiger partial charge in [0.15, 0.2) is 0 Å². The lowest BCUT2D eigenvalue weighted by Crippen LogP contribution is -2.14. The minimum atomic E-state index is -0.207. The fourth-order valence-electron chi connectivity index (χ4n) is 1.73. The molecule has 0 bridgehead atoms. The molecule has 0 saturated carbocycles. The Morgan fingerprint density at radius 1 is 1.30 bits per heavy atom. The van der Waals surface area contributed by atoms with Crippen molar-refractivity contribution in [3.8, 4) is 10.9 Å². The molecule has 0 amide bonds. The lowest BCUT2D eigenvalue weighted by Gasteiger charge is -2.04. The zero-order valence-corrected chi connectivity index (χ0v) is 13.2. The average molecular weight is 352 g/mol. The Bertz CT molecular complexity index is 856. The Morgan fingerprint density at radius 2 is 2.10 bits per heavy atom. The van der Waals surface area contributed by atoms with E-state index in [1.165, 1.54) is 21.9 Å². The van der Waals surface area contributed by atoms with Crippen molar-refractivity contribution in [3.05, 3.63) is 50.3 Å². The maximum Gasteiger partial charge on any atom is 0.300 e. The van der Waals surface area contributed by atoms with Crippen LogP contribution in [0.5, 0.6) is 10.9 Å². The lowest BCUT2D eigenvalue weighted by atomic mass is 10.2. The molecular formula is C13H10BrN3O2S. The lowest BCUT2D eigenvalue weighted by molar-refractivity contribution is 0.466. The van der Waals surface area contributed by atoms with Crippen LogP contribution in [-0.4, -0.2) is 14.6 Å². The van der Waals surface area contributed by atoms with E-state index in [1.54, 1.807) is 6.92 Å². The predicted molar refractivity (Wildman–Crippen MR) is 80.8 cm³/mol. The maximum absolute atomic E-state index is 11.8. The van der Waals surface area contributed by atoms with Gasteiger partial charge in [-0.15, -0.1) is 5.10 Å². The van der Waals surface area contributed by atoms with Gasteiger partial charge in [-0.1, -0.05) is 6.07 Å². The molecule has 3 aromatic rings. The summed E-state index contributed by atoms with van der Waals surface area (Å²) in [5.74, 6) is 0.652. The topological polar surface area (TPSA) is 56.5 Å². The molecule has 5 nitrogen and oxygen atoms in total. The fourth-order valence-corrected chi connectivity index (χ4v) is 3.12. The molecule has 0 fully saturated rings. The largest absolute Gasteiger partial charge is 0.429 e. The van der Waals surface area contributed by atoms with Crippen LogP contribution in [0.25, 0.3) is 4.96 Å². The second-order valence-electron chi connectivity index (χ2n) is 4.33. The molecule has 0 spiro atoms. The molecule has 0 aliphatic heterocycles. The van der Waals surface area contributed by atoms with E-state index in [9.17, 15) is 4.79 Å². The van der Waals surface area contributed by atoms with Crippen LogP contribution in [0.4, 0.5) is 0 Å². The molecule has 102 valence electrons. The van der Waals surface area contributed by atoms with Crippen molar-refractivity contribution in [2.75, 3.05) is 0 Å². The molecule has 0 aliphatic carbocycles. The van der Waals surface area contributed by atoms with E-state index in [0.717, 1.165) is 10.0 Å². The highest BCUT2D eigenvalue weighted by molar-refractivity contribution is 9.10. The minimum Gasteiger partial charge on any atom is -0.429 e. The third-order valence-corrected chi connectivity index (χ3v) is 4.05. The molecule has 7 heteroatoms. The van der Waals surface area contributed by atoms with Gasteiger partial charge in [0, 0.05) is 11.8 Å². The molecule has 1 aromatic carbocycles. The number of aryl methyl sites for hydroxylation is 2. The number of rotatable bonds is 2. The van der Waals surface area contributed by atoms with E-state index >= 15 is 0 Å². The standard InChI is InChI=1S/C13H10BrN3O2S/c1-7-3-4-10(9(14)5-7)19-13-16-17-11(18)6-8(2)15-12(17)20-13/h3-6H,1-2H3. The second-order valence-corrected chi connectivity index (χ2v) is 6.11. The highest BCUT2D eigenvalue weighted by Gasteiger charge is 2.11. The Labute approximate surface area is 127 Å². The van der Waals surface area contributed by atoms with Crippen LogP contribution >= 0.6 is 27.3 Å². The molecule has 0 saturated heterocycles. The van der Waals surface area contributed by atoms with Crippen molar-refractivity contribution in [2.24, 2.45) is 0 Å². The number of benzene rings is 1. The van der Waals surface area contributed by atoms with Crippen LogP contribution in [0.1, 0.15) is 11.3 Å². The third kappa shape index (κ3) is 2.46. The van der Waals surface area contributed by atoms with Gasteiger partial charge in [-0.25, -0.2) is 4.98 Å². The van der Waals surface area contributed by atoms with Gasteiger partial charge in [0.05, 0.1) is 4.47 Å². The Kier molecular flexibility index (Phi) is 3.31. The first kappa shape index (κ1) is 13.3. The van der Waals surface area contributed by atoms with Crippen molar-refractivity contribution in [2.45, 2.75) is 13.8 Å². The molecule has 0 unspecified atom stereocenters. The second kappa shape index (κ2) is 4.99. The van der Waals surface area contributed by atoms with Crippen molar-refractivity contribution in [3.63, 3.8) is 0 Å². The van der Waals surface area contributed by atoms with E-state index in [1.807, 2.05) is 25.1 Å². The maximum atomic E-state index is 11.8. The van der Waals surface area contributed by atoms with Crippen LogP contribution < -0.4 is 10.3 Å². The number of hydrogen-bond donors (Lipinski definition) is 0. The van der Waals surface area contributed by atoms with Gasteiger partial charge < -0.3 is 4.74 Å². The Hall–Kier alpha value is -1.73. The summed E-state index contributed by atoms with van der Waals surface area (Å²) >= 11 is 4.67. The van der Waals surface area contributed by atoms with E-state index in [-0.39, 0.29) is 5.56 Å². The van der Waals surface area contributed by atoms with Crippen molar-refractivity contribution in [1.82, 2.24) is 14.6 Å². The number of nitrogens with zero attached hydrogens (tertiary/aromatic N) is 3. The van der Waals surface area contributed by atoms with Gasteiger partial charge in [0.2, 0.25) is 4.96 Å². The third-order valence-electron chi connectivity index (χ3n) is 2.64. The molecule has 0 aliphatic rings. The number of hydrogen-bond acceptors (Lipinski definition) is 5. The number of fused-ring (bicyclic) bond motifs is 1. The molecule has 0 N–H and O–H groups in total. The molecule has 2 heterocycles. The predicted octanol–water partition coefficient (Wildman–Crippen LogP) is 3.32. The van der Waals surface area contributed by atoms with Gasteiger partial charge in [-0.2, -0.15) is 4.52 Å². The molecular weight excluding hydrogens is 342 g/mol. The zero-order valence-electron chi connectivity index (χ0n) is 10.8. The van der Waals surface area contributed by atoms with E-state index in [2.05, 4.69) is 26.0 Å². The Morgan fingerprint density at radius 3 is 2.85 bits per heavy atom. The van der Waals surface area contributed by atoms with Gasteiger partial charge >= 0.3 is 0 Å². The summed E-state index contributed by atoms with van der Waals surface area (Å²) in [5.41, 5.74) is 1.59. The first-order valence-electron chi connectivity index (χ1n) is 5.84. The zero-order chi connectivity index (χ0) is 14.3. The first-order valence-corrected chi connectivity index (χ1v) is 7.45. The fraction of sp³-hybridized carbons (Fsp3) is 0.154. The summed E-state index contributed by atoms with van der Waals surface area (Å²) < 4.78 is 7.79. The highest BCUT2D eigenvalue weighted by atomic mass is 79.9. The summed E-state index contributed by atoms with van der Waals surface area (Å²) in [6, 6.07) is 7.20. The van der Waals surface area contributed by atoms with E-state index in [4.69, 9.17) is 4.74 Å². The van der Waals surface area contributed by atoms with E-state index < -0.39 is 0 Å². The Balaban J connectivity index is 2.03. The number of halogens is 1. The van der Waals surface area contributed by atoms with Crippen molar-refractivity contribution < 1.29 is 4.74 Å². The van der Waals surface area contributed by atoms with Crippen LogP contribution in [0, 0.1) is 13.8 Å². The van der Waals surface area contributed by atoms with Crippen LogP contribution in [0.15, 0.2) is 33.5 Å². The van der Waals surface area contributed by atoms with Crippen LogP contribution in [0.3, 0.4) is 0 Å². The minimum absolute atomic E-state index is 0.207. The van der Waals surface area contributed by atoms with Crippen molar-refractivity contribution >= 4 is 32.2 Å².